The summed E-state index contributed by atoms with van der Waals surface area (Å²) >= 11 is 0. The molecule has 2 heterocycles. The van der Waals surface area contributed by atoms with Gasteiger partial charge in [-0.1, -0.05) is 13.8 Å². The summed E-state index contributed by atoms with van der Waals surface area (Å²) in [5, 5.41) is 20.5. The van der Waals surface area contributed by atoms with E-state index in [0.717, 1.165) is 19.5 Å². The SMILES string of the molecule is COC(CO)C1(c2cnno2)CCNCC1C(C)C. The molecule has 6 heteroatoms. The van der Waals surface area contributed by atoms with Gasteiger partial charge in [-0.3, -0.25) is 0 Å². The minimum atomic E-state index is -0.369. The standard InChI is InChI=1S/C13H23N3O3/c1-9(2)10-6-14-5-4-13(10,12(8-17)18-3)11-7-15-16-19-11/h7,9-10,12,14,17H,4-6,8H2,1-3H3. The highest BCUT2D eigenvalue weighted by Gasteiger charge is 2.52. The Morgan fingerprint density at radius 2 is 2.42 bits per heavy atom. The summed E-state index contributed by atoms with van der Waals surface area (Å²) in [5.41, 5.74) is -0.369. The zero-order chi connectivity index (χ0) is 13.9. The summed E-state index contributed by atoms with van der Waals surface area (Å²) in [4.78, 5) is 0. The van der Waals surface area contributed by atoms with E-state index in [0.29, 0.717) is 17.6 Å². The number of aliphatic hydroxyl groups excluding tert-OH is 1. The van der Waals surface area contributed by atoms with Crippen molar-refractivity contribution in [3.63, 3.8) is 0 Å². The van der Waals surface area contributed by atoms with Gasteiger partial charge in [0.05, 0.1) is 24.3 Å². The van der Waals surface area contributed by atoms with Crippen LogP contribution < -0.4 is 5.32 Å². The van der Waals surface area contributed by atoms with Crippen LogP contribution in [0.15, 0.2) is 10.7 Å². The van der Waals surface area contributed by atoms with Gasteiger partial charge in [0.2, 0.25) is 0 Å². The van der Waals surface area contributed by atoms with Gasteiger partial charge in [-0.2, -0.15) is 0 Å². The summed E-state index contributed by atoms with van der Waals surface area (Å²) in [6.07, 6.45) is 2.19. The lowest BCUT2D eigenvalue weighted by molar-refractivity contribution is -0.0639. The molecule has 0 aromatic carbocycles. The lowest BCUT2D eigenvalue weighted by Gasteiger charge is -2.48. The number of hydrogen-bond acceptors (Lipinski definition) is 6. The second-order valence-electron chi connectivity index (χ2n) is 5.53. The minimum Gasteiger partial charge on any atom is -0.394 e. The van der Waals surface area contributed by atoms with E-state index >= 15 is 0 Å². The normalized spacial score (nSPS) is 29.6. The molecule has 3 atom stereocenters. The van der Waals surface area contributed by atoms with Crippen molar-refractivity contribution in [2.24, 2.45) is 11.8 Å². The number of nitrogens with zero attached hydrogens (tertiary/aromatic N) is 2. The minimum absolute atomic E-state index is 0.0413. The van der Waals surface area contributed by atoms with Crippen molar-refractivity contribution < 1.29 is 14.4 Å². The molecule has 1 fully saturated rings. The Labute approximate surface area is 113 Å². The van der Waals surface area contributed by atoms with E-state index in [2.05, 4.69) is 29.5 Å². The number of ether oxygens (including phenoxy) is 1. The van der Waals surface area contributed by atoms with E-state index in [-0.39, 0.29) is 18.1 Å². The molecule has 0 aliphatic carbocycles. The first-order chi connectivity index (χ1) is 9.16. The number of nitrogens with one attached hydrogen (secondary N) is 1. The van der Waals surface area contributed by atoms with E-state index in [1.54, 1.807) is 13.3 Å². The third-order valence-corrected chi connectivity index (χ3v) is 4.39. The van der Waals surface area contributed by atoms with Crippen LogP contribution in [0.3, 0.4) is 0 Å². The molecule has 0 bridgehead atoms. The molecule has 2 rings (SSSR count). The fraction of sp³-hybridized carbons (Fsp3) is 0.846. The fourth-order valence-electron chi connectivity index (χ4n) is 3.44. The van der Waals surface area contributed by atoms with Crippen molar-refractivity contribution in [3.8, 4) is 0 Å². The summed E-state index contributed by atoms with van der Waals surface area (Å²) in [6.45, 7) is 6.06. The highest BCUT2D eigenvalue weighted by molar-refractivity contribution is 5.18. The molecule has 0 spiro atoms. The first-order valence-electron chi connectivity index (χ1n) is 6.79. The van der Waals surface area contributed by atoms with Gasteiger partial charge in [-0.25, -0.2) is 0 Å². The molecule has 108 valence electrons. The molecule has 1 aliphatic rings. The first-order valence-corrected chi connectivity index (χ1v) is 6.79. The molecule has 0 radical (unpaired) electrons. The molecule has 1 aliphatic heterocycles. The Hall–Kier alpha value is -0.980. The lowest BCUT2D eigenvalue weighted by Crippen LogP contribution is -2.57. The number of aliphatic hydroxyl groups is 1. The fourth-order valence-corrected chi connectivity index (χ4v) is 3.44. The van der Waals surface area contributed by atoms with Gasteiger partial charge in [0.15, 0.2) is 5.76 Å². The van der Waals surface area contributed by atoms with Crippen molar-refractivity contribution in [2.45, 2.75) is 31.8 Å². The van der Waals surface area contributed by atoms with Crippen LogP contribution in [0.5, 0.6) is 0 Å². The van der Waals surface area contributed by atoms with Gasteiger partial charge < -0.3 is 19.7 Å². The van der Waals surface area contributed by atoms with Crippen LogP contribution in [0.4, 0.5) is 0 Å². The second-order valence-corrected chi connectivity index (χ2v) is 5.53. The summed E-state index contributed by atoms with van der Waals surface area (Å²) in [6, 6.07) is 0. The molecule has 19 heavy (non-hydrogen) atoms. The van der Waals surface area contributed by atoms with Crippen LogP contribution in [0.2, 0.25) is 0 Å². The van der Waals surface area contributed by atoms with Crippen molar-refractivity contribution in [3.05, 3.63) is 12.0 Å². The summed E-state index contributed by atoms with van der Waals surface area (Å²) < 4.78 is 10.9. The zero-order valence-corrected chi connectivity index (χ0v) is 11.8. The van der Waals surface area contributed by atoms with Gasteiger partial charge in [-0.15, -0.1) is 5.10 Å². The molecule has 0 amide bonds. The van der Waals surface area contributed by atoms with Crippen LogP contribution in [0.25, 0.3) is 0 Å². The Balaban J connectivity index is 2.47. The Morgan fingerprint density at radius 1 is 1.63 bits per heavy atom. The monoisotopic (exact) mass is 269 g/mol. The highest BCUT2D eigenvalue weighted by atomic mass is 16.5. The smallest absolute Gasteiger partial charge is 0.166 e. The average molecular weight is 269 g/mol. The summed E-state index contributed by atoms with van der Waals surface area (Å²) in [7, 11) is 1.63. The van der Waals surface area contributed by atoms with Crippen LogP contribution in [-0.2, 0) is 10.2 Å². The number of hydrogen-bond donors (Lipinski definition) is 2. The quantitative estimate of drug-likeness (QED) is 0.814. The number of piperidine rings is 1. The highest BCUT2D eigenvalue weighted by Crippen LogP contribution is 2.44. The zero-order valence-electron chi connectivity index (χ0n) is 11.8. The maximum Gasteiger partial charge on any atom is 0.166 e. The Kier molecular flexibility index (Phi) is 4.54. The van der Waals surface area contributed by atoms with Gasteiger partial charge >= 0.3 is 0 Å². The average Bonchev–Trinajstić information content (AvgIpc) is 2.94. The van der Waals surface area contributed by atoms with Crippen molar-refractivity contribution >= 4 is 0 Å². The predicted octanol–water partition coefficient (Wildman–Crippen LogP) is 0.580. The Bertz CT molecular complexity index is 378. The van der Waals surface area contributed by atoms with Crippen molar-refractivity contribution in [2.75, 3.05) is 26.8 Å². The van der Waals surface area contributed by atoms with E-state index in [1.807, 2.05) is 0 Å². The first kappa shape index (κ1) is 14.4. The molecular weight excluding hydrogens is 246 g/mol. The lowest BCUT2D eigenvalue weighted by atomic mass is 9.62. The van der Waals surface area contributed by atoms with Gasteiger partial charge in [0.1, 0.15) is 0 Å². The number of rotatable bonds is 5. The summed E-state index contributed by atoms with van der Waals surface area (Å²) in [5.74, 6) is 1.45. The molecular formula is C13H23N3O3. The van der Waals surface area contributed by atoms with Crippen LogP contribution in [-0.4, -0.2) is 48.4 Å². The van der Waals surface area contributed by atoms with Crippen LogP contribution >= 0.6 is 0 Å². The maximum atomic E-state index is 9.71. The largest absolute Gasteiger partial charge is 0.394 e. The molecule has 1 aromatic heterocycles. The van der Waals surface area contributed by atoms with Crippen molar-refractivity contribution in [1.82, 2.24) is 15.7 Å². The number of aromatic nitrogens is 2. The van der Waals surface area contributed by atoms with Crippen LogP contribution in [0.1, 0.15) is 26.0 Å². The topological polar surface area (TPSA) is 80.4 Å². The third kappa shape index (κ3) is 2.40. The molecule has 2 N–H and O–H groups in total. The molecule has 1 aromatic rings. The van der Waals surface area contributed by atoms with E-state index in [4.69, 9.17) is 9.26 Å². The van der Waals surface area contributed by atoms with Gasteiger partial charge in [0, 0.05) is 12.4 Å². The molecule has 1 saturated heterocycles. The predicted molar refractivity (Wildman–Crippen MR) is 69.7 cm³/mol. The van der Waals surface area contributed by atoms with Gasteiger partial charge in [-0.05, 0) is 31.3 Å². The molecule has 3 unspecified atom stereocenters. The van der Waals surface area contributed by atoms with E-state index in [9.17, 15) is 5.11 Å². The van der Waals surface area contributed by atoms with Crippen molar-refractivity contribution in [1.29, 1.82) is 0 Å². The second kappa shape index (κ2) is 5.98. The Morgan fingerprint density at radius 3 is 2.95 bits per heavy atom. The molecule has 6 nitrogen and oxygen atoms in total. The van der Waals surface area contributed by atoms with E-state index in [1.165, 1.54) is 0 Å². The van der Waals surface area contributed by atoms with E-state index < -0.39 is 0 Å². The van der Waals surface area contributed by atoms with Gasteiger partial charge in [0.25, 0.3) is 0 Å². The van der Waals surface area contributed by atoms with Crippen LogP contribution in [0, 0.1) is 11.8 Å². The number of methoxy groups -OCH3 is 1. The third-order valence-electron chi connectivity index (χ3n) is 4.39. The molecule has 0 saturated carbocycles. The maximum absolute atomic E-state index is 9.71.